The van der Waals surface area contributed by atoms with Crippen LogP contribution in [0, 0.1) is 6.92 Å². The van der Waals surface area contributed by atoms with E-state index in [9.17, 15) is 0 Å². The zero-order chi connectivity index (χ0) is 19.2. The van der Waals surface area contributed by atoms with E-state index in [1.165, 1.54) is 0 Å². The van der Waals surface area contributed by atoms with Gasteiger partial charge in [-0.15, -0.1) is 0 Å². The maximum absolute atomic E-state index is 6.00. The second kappa shape index (κ2) is 8.73. The summed E-state index contributed by atoms with van der Waals surface area (Å²) in [6, 6.07) is 11.3. The topological polar surface area (TPSA) is 88.5 Å². The summed E-state index contributed by atoms with van der Waals surface area (Å²) in [6.45, 7) is 4.53. The lowest BCUT2D eigenvalue weighted by molar-refractivity contribution is 0.378. The molecule has 142 valence electrons. The molecule has 0 saturated carbocycles. The fraction of sp³-hybridized carbons (Fsp3) is 0.316. The fourth-order valence-corrected chi connectivity index (χ4v) is 2.74. The molecule has 1 aromatic carbocycles. The lowest BCUT2D eigenvalue weighted by atomic mass is 10.2. The molecule has 8 heteroatoms. The Labute approximate surface area is 162 Å². The summed E-state index contributed by atoms with van der Waals surface area (Å²) in [5.41, 5.74) is 0.825. The number of benzene rings is 1. The first kappa shape index (κ1) is 19.0. The van der Waals surface area contributed by atoms with E-state index in [-0.39, 0.29) is 6.04 Å². The molecule has 0 aliphatic rings. The van der Waals surface area contributed by atoms with Gasteiger partial charge in [-0.05, 0) is 38.1 Å². The average Bonchev–Trinajstić information content (AvgIpc) is 3.30. The molecule has 0 spiro atoms. The Morgan fingerprint density at radius 1 is 1.30 bits per heavy atom. The van der Waals surface area contributed by atoms with E-state index >= 15 is 0 Å². The Kier molecular flexibility index (Phi) is 6.13. The normalized spacial score (nSPS) is 12.8. The summed E-state index contributed by atoms with van der Waals surface area (Å²) in [7, 11) is 1.72. The van der Waals surface area contributed by atoms with Gasteiger partial charge in [-0.2, -0.15) is 4.98 Å². The van der Waals surface area contributed by atoms with Crippen molar-refractivity contribution in [1.82, 2.24) is 20.8 Å². The van der Waals surface area contributed by atoms with Crippen LogP contribution >= 0.6 is 11.6 Å². The first-order valence-corrected chi connectivity index (χ1v) is 9.05. The average molecular weight is 388 g/mol. The highest BCUT2D eigenvalue weighted by Gasteiger charge is 2.12. The monoisotopic (exact) mass is 387 g/mol. The van der Waals surface area contributed by atoms with Crippen LogP contribution in [0.1, 0.15) is 30.4 Å². The van der Waals surface area contributed by atoms with E-state index in [2.05, 4.69) is 25.8 Å². The van der Waals surface area contributed by atoms with Crippen molar-refractivity contribution in [3.63, 3.8) is 0 Å². The number of aryl methyl sites for hydroxylation is 1. The predicted molar refractivity (Wildman–Crippen MR) is 105 cm³/mol. The Bertz CT molecular complexity index is 918. The molecule has 2 N–H and O–H groups in total. The molecule has 0 amide bonds. The van der Waals surface area contributed by atoms with Crippen molar-refractivity contribution in [2.45, 2.75) is 26.3 Å². The van der Waals surface area contributed by atoms with Crippen LogP contribution in [0.4, 0.5) is 0 Å². The molecule has 2 aromatic heterocycles. The van der Waals surface area contributed by atoms with Crippen LogP contribution in [0.2, 0.25) is 5.02 Å². The molecule has 7 nitrogen and oxygen atoms in total. The maximum atomic E-state index is 6.00. The molecule has 1 unspecified atom stereocenters. The number of furan rings is 1. The van der Waals surface area contributed by atoms with Gasteiger partial charge in [0.15, 0.2) is 5.96 Å². The minimum absolute atomic E-state index is 0.00253. The summed E-state index contributed by atoms with van der Waals surface area (Å²) in [5, 5.41) is 11.2. The first-order chi connectivity index (χ1) is 13.0. The van der Waals surface area contributed by atoms with Crippen molar-refractivity contribution in [3.8, 4) is 11.4 Å². The van der Waals surface area contributed by atoms with Gasteiger partial charge in [0.25, 0.3) is 0 Å². The second-order valence-corrected chi connectivity index (χ2v) is 6.52. The highest BCUT2D eigenvalue weighted by molar-refractivity contribution is 6.30. The third-order valence-electron chi connectivity index (χ3n) is 3.95. The zero-order valence-electron chi connectivity index (χ0n) is 15.5. The van der Waals surface area contributed by atoms with Crippen molar-refractivity contribution >= 4 is 17.6 Å². The molecule has 0 saturated heterocycles. The summed E-state index contributed by atoms with van der Waals surface area (Å²) in [4.78, 5) is 8.63. The van der Waals surface area contributed by atoms with E-state index in [1.807, 2.05) is 38.1 Å². The number of hydrogen-bond donors (Lipinski definition) is 2. The van der Waals surface area contributed by atoms with Crippen LogP contribution in [0.3, 0.4) is 0 Å². The molecule has 0 bridgehead atoms. The van der Waals surface area contributed by atoms with Crippen LogP contribution in [-0.2, 0) is 6.42 Å². The Balaban J connectivity index is 1.51. The van der Waals surface area contributed by atoms with E-state index < -0.39 is 0 Å². The molecule has 2 heterocycles. The van der Waals surface area contributed by atoms with E-state index in [1.54, 1.807) is 19.2 Å². The molecule has 1 atom stereocenters. The van der Waals surface area contributed by atoms with E-state index in [0.717, 1.165) is 17.1 Å². The number of halogens is 1. The molecule has 0 aliphatic heterocycles. The summed E-state index contributed by atoms with van der Waals surface area (Å²) >= 11 is 6.00. The van der Waals surface area contributed by atoms with E-state index in [0.29, 0.717) is 35.7 Å². The van der Waals surface area contributed by atoms with Crippen molar-refractivity contribution in [2.75, 3.05) is 13.6 Å². The third kappa shape index (κ3) is 5.10. The summed E-state index contributed by atoms with van der Waals surface area (Å²) in [6.07, 6.45) is 0.572. The van der Waals surface area contributed by atoms with Crippen molar-refractivity contribution in [2.24, 2.45) is 4.99 Å². The van der Waals surface area contributed by atoms with Crippen LogP contribution in [-0.4, -0.2) is 29.7 Å². The van der Waals surface area contributed by atoms with Gasteiger partial charge in [-0.3, -0.25) is 4.99 Å². The molecule has 0 radical (unpaired) electrons. The van der Waals surface area contributed by atoms with Gasteiger partial charge in [0.1, 0.15) is 11.5 Å². The molecule has 0 fully saturated rings. The van der Waals surface area contributed by atoms with Crippen LogP contribution in [0.5, 0.6) is 0 Å². The minimum Gasteiger partial charge on any atom is -0.464 e. The van der Waals surface area contributed by atoms with Gasteiger partial charge in [-0.25, -0.2) is 0 Å². The fourth-order valence-electron chi connectivity index (χ4n) is 2.55. The first-order valence-electron chi connectivity index (χ1n) is 8.67. The number of nitrogens with one attached hydrogen (secondary N) is 2. The largest absolute Gasteiger partial charge is 0.464 e. The number of rotatable bonds is 6. The summed E-state index contributed by atoms with van der Waals surface area (Å²) < 4.78 is 10.9. The van der Waals surface area contributed by atoms with Crippen molar-refractivity contribution in [1.29, 1.82) is 0 Å². The minimum atomic E-state index is 0.00253. The van der Waals surface area contributed by atoms with Crippen LogP contribution in [0.15, 0.2) is 50.3 Å². The number of aliphatic imine (C=N–C) groups is 1. The lowest BCUT2D eigenvalue weighted by Gasteiger charge is -2.15. The van der Waals surface area contributed by atoms with E-state index in [4.69, 9.17) is 20.5 Å². The van der Waals surface area contributed by atoms with Gasteiger partial charge in [0, 0.05) is 30.6 Å². The van der Waals surface area contributed by atoms with Crippen molar-refractivity contribution < 1.29 is 8.94 Å². The maximum Gasteiger partial charge on any atom is 0.228 e. The lowest BCUT2D eigenvalue weighted by Crippen LogP contribution is -2.39. The summed E-state index contributed by atoms with van der Waals surface area (Å²) in [5.74, 6) is 3.48. The Morgan fingerprint density at radius 2 is 2.15 bits per heavy atom. The Hall–Kier alpha value is -2.80. The second-order valence-electron chi connectivity index (χ2n) is 6.09. The Morgan fingerprint density at radius 3 is 2.85 bits per heavy atom. The molecular formula is C19H22ClN5O2. The standard InChI is InChI=1S/C19H22ClN5O2/c1-12-7-8-16(26-12)13(2)23-19(21-3)22-10-9-17-24-18(25-27-17)14-5-4-6-15(20)11-14/h4-8,11,13H,9-10H2,1-3H3,(H2,21,22,23). The smallest absolute Gasteiger partial charge is 0.228 e. The third-order valence-corrected chi connectivity index (χ3v) is 4.18. The number of aromatic nitrogens is 2. The quantitative estimate of drug-likeness (QED) is 0.494. The number of guanidine groups is 1. The van der Waals surface area contributed by atoms with Gasteiger partial charge in [0.2, 0.25) is 11.7 Å². The van der Waals surface area contributed by atoms with Gasteiger partial charge < -0.3 is 19.6 Å². The van der Waals surface area contributed by atoms with Crippen LogP contribution < -0.4 is 10.6 Å². The predicted octanol–water partition coefficient (Wildman–Crippen LogP) is 3.76. The SMILES string of the molecule is CN=C(NCCc1nc(-c2cccc(Cl)c2)no1)NC(C)c1ccc(C)o1. The highest BCUT2D eigenvalue weighted by Crippen LogP contribution is 2.20. The number of nitrogens with zero attached hydrogens (tertiary/aromatic N) is 3. The molecule has 27 heavy (non-hydrogen) atoms. The van der Waals surface area contributed by atoms with Gasteiger partial charge in [0.05, 0.1) is 6.04 Å². The van der Waals surface area contributed by atoms with Crippen molar-refractivity contribution in [3.05, 3.63) is 58.8 Å². The highest BCUT2D eigenvalue weighted by atomic mass is 35.5. The van der Waals surface area contributed by atoms with Crippen LogP contribution in [0.25, 0.3) is 11.4 Å². The van der Waals surface area contributed by atoms with Gasteiger partial charge in [-0.1, -0.05) is 28.9 Å². The number of hydrogen-bond acceptors (Lipinski definition) is 5. The molecular weight excluding hydrogens is 366 g/mol. The van der Waals surface area contributed by atoms with Gasteiger partial charge >= 0.3 is 0 Å². The molecule has 3 rings (SSSR count). The molecule has 3 aromatic rings. The molecule has 0 aliphatic carbocycles. The zero-order valence-corrected chi connectivity index (χ0v) is 16.2.